The SMILES string of the molecule is Cc1ccc(Cc2ncc3n2CCCC3CO)cc1. The van der Waals surface area contributed by atoms with E-state index < -0.39 is 0 Å². The van der Waals surface area contributed by atoms with Crippen LogP contribution in [0.3, 0.4) is 0 Å². The highest BCUT2D eigenvalue weighted by Crippen LogP contribution is 2.28. The second kappa shape index (κ2) is 5.17. The van der Waals surface area contributed by atoms with Crippen LogP contribution in [0.15, 0.2) is 30.5 Å². The average molecular weight is 256 g/mol. The maximum absolute atomic E-state index is 9.43. The molecule has 0 fully saturated rings. The lowest BCUT2D eigenvalue weighted by Crippen LogP contribution is -2.19. The summed E-state index contributed by atoms with van der Waals surface area (Å²) < 4.78 is 2.30. The quantitative estimate of drug-likeness (QED) is 0.916. The Kier molecular flexibility index (Phi) is 3.38. The number of aromatic nitrogens is 2. The summed E-state index contributed by atoms with van der Waals surface area (Å²) in [6.07, 6.45) is 5.03. The minimum atomic E-state index is 0.232. The second-order valence-corrected chi connectivity index (χ2v) is 5.44. The molecule has 1 N–H and O–H groups in total. The monoisotopic (exact) mass is 256 g/mol. The van der Waals surface area contributed by atoms with Gasteiger partial charge in [0.1, 0.15) is 5.82 Å². The molecule has 1 unspecified atom stereocenters. The van der Waals surface area contributed by atoms with Crippen LogP contribution in [0.25, 0.3) is 0 Å². The molecule has 1 aliphatic rings. The third-order valence-corrected chi connectivity index (χ3v) is 4.02. The fourth-order valence-corrected chi connectivity index (χ4v) is 2.87. The zero-order valence-electron chi connectivity index (χ0n) is 11.3. The fourth-order valence-electron chi connectivity index (χ4n) is 2.87. The first-order valence-corrected chi connectivity index (χ1v) is 6.98. The molecule has 0 aliphatic carbocycles. The van der Waals surface area contributed by atoms with E-state index in [1.807, 2.05) is 6.20 Å². The van der Waals surface area contributed by atoms with Gasteiger partial charge in [-0.25, -0.2) is 4.98 Å². The van der Waals surface area contributed by atoms with E-state index >= 15 is 0 Å². The van der Waals surface area contributed by atoms with E-state index in [0.29, 0.717) is 0 Å². The Bertz CT molecular complexity index is 557. The van der Waals surface area contributed by atoms with E-state index in [1.54, 1.807) is 0 Å². The molecule has 3 rings (SSSR count). The maximum Gasteiger partial charge on any atom is 0.113 e. The number of hydrogen-bond acceptors (Lipinski definition) is 2. The minimum Gasteiger partial charge on any atom is -0.396 e. The molecule has 0 bridgehead atoms. The van der Waals surface area contributed by atoms with Crippen LogP contribution in [0.2, 0.25) is 0 Å². The molecule has 0 spiro atoms. The molecule has 2 aromatic rings. The van der Waals surface area contributed by atoms with Gasteiger partial charge >= 0.3 is 0 Å². The number of aliphatic hydroxyl groups excluding tert-OH is 1. The Hall–Kier alpha value is -1.61. The van der Waals surface area contributed by atoms with Crippen molar-refractivity contribution in [2.75, 3.05) is 6.61 Å². The van der Waals surface area contributed by atoms with Gasteiger partial charge < -0.3 is 9.67 Å². The summed E-state index contributed by atoms with van der Waals surface area (Å²) in [5.74, 6) is 1.39. The van der Waals surface area contributed by atoms with Crippen LogP contribution in [-0.2, 0) is 13.0 Å². The average Bonchev–Trinajstić information content (AvgIpc) is 2.84. The predicted octanol–water partition coefficient (Wildman–Crippen LogP) is 2.65. The van der Waals surface area contributed by atoms with Crippen molar-refractivity contribution in [1.82, 2.24) is 9.55 Å². The zero-order chi connectivity index (χ0) is 13.2. The van der Waals surface area contributed by atoms with Gasteiger partial charge in [-0.2, -0.15) is 0 Å². The van der Waals surface area contributed by atoms with Crippen molar-refractivity contribution in [2.45, 2.75) is 38.6 Å². The largest absolute Gasteiger partial charge is 0.396 e. The first-order valence-electron chi connectivity index (χ1n) is 6.98. The van der Waals surface area contributed by atoms with E-state index in [2.05, 4.69) is 40.7 Å². The molecule has 0 saturated carbocycles. The van der Waals surface area contributed by atoms with Gasteiger partial charge in [-0.1, -0.05) is 29.8 Å². The molecule has 2 heterocycles. The van der Waals surface area contributed by atoms with Gasteiger partial charge in [0.05, 0.1) is 6.61 Å². The zero-order valence-corrected chi connectivity index (χ0v) is 11.3. The lowest BCUT2D eigenvalue weighted by Gasteiger charge is -2.23. The Morgan fingerprint density at radius 1 is 1.32 bits per heavy atom. The van der Waals surface area contributed by atoms with E-state index in [4.69, 9.17) is 0 Å². The number of aryl methyl sites for hydroxylation is 1. The van der Waals surface area contributed by atoms with Crippen LogP contribution in [0, 0.1) is 6.92 Å². The van der Waals surface area contributed by atoms with E-state index in [1.165, 1.54) is 16.8 Å². The number of hydrogen-bond donors (Lipinski definition) is 1. The highest BCUT2D eigenvalue weighted by Gasteiger charge is 2.22. The lowest BCUT2D eigenvalue weighted by atomic mass is 9.97. The van der Waals surface area contributed by atoms with Crippen molar-refractivity contribution in [3.05, 3.63) is 53.1 Å². The molecule has 0 saturated heterocycles. The molecule has 100 valence electrons. The smallest absolute Gasteiger partial charge is 0.113 e. The van der Waals surface area contributed by atoms with Crippen LogP contribution < -0.4 is 0 Å². The topological polar surface area (TPSA) is 38.0 Å². The summed E-state index contributed by atoms with van der Waals surface area (Å²) in [4.78, 5) is 4.57. The van der Waals surface area contributed by atoms with Gasteiger partial charge in [-0.3, -0.25) is 0 Å². The maximum atomic E-state index is 9.43. The molecule has 1 aromatic heterocycles. The summed E-state index contributed by atoms with van der Waals surface area (Å²) in [5.41, 5.74) is 3.79. The van der Waals surface area contributed by atoms with Crippen LogP contribution in [0.1, 0.15) is 41.4 Å². The van der Waals surface area contributed by atoms with Crippen LogP contribution in [-0.4, -0.2) is 21.3 Å². The summed E-state index contributed by atoms with van der Waals surface area (Å²) in [6.45, 7) is 3.37. The summed E-state index contributed by atoms with van der Waals surface area (Å²) in [7, 11) is 0. The normalized spacial score (nSPS) is 18.3. The number of nitrogens with zero attached hydrogens (tertiary/aromatic N) is 2. The van der Waals surface area contributed by atoms with Gasteiger partial charge in [0.25, 0.3) is 0 Å². The van der Waals surface area contributed by atoms with Gasteiger partial charge in [-0.15, -0.1) is 0 Å². The summed E-state index contributed by atoms with van der Waals surface area (Å²) >= 11 is 0. The highest BCUT2D eigenvalue weighted by atomic mass is 16.3. The van der Waals surface area contributed by atoms with E-state index in [0.717, 1.165) is 31.6 Å². The Balaban J connectivity index is 1.86. The Labute approximate surface area is 113 Å². The van der Waals surface area contributed by atoms with Crippen LogP contribution >= 0.6 is 0 Å². The molecule has 1 aliphatic heterocycles. The van der Waals surface area contributed by atoms with Crippen molar-refractivity contribution >= 4 is 0 Å². The molecule has 19 heavy (non-hydrogen) atoms. The first kappa shape index (κ1) is 12.4. The second-order valence-electron chi connectivity index (χ2n) is 5.44. The molecule has 1 aromatic carbocycles. The molecular formula is C16H20N2O. The number of rotatable bonds is 3. The standard InChI is InChI=1S/C16H20N2O/c1-12-4-6-13(7-5-12)9-16-17-10-15-14(11-19)3-2-8-18(15)16/h4-7,10,14,19H,2-3,8-9,11H2,1H3. The van der Waals surface area contributed by atoms with E-state index in [-0.39, 0.29) is 12.5 Å². The third kappa shape index (κ3) is 2.43. The number of aliphatic hydroxyl groups is 1. The van der Waals surface area contributed by atoms with Crippen molar-refractivity contribution in [2.24, 2.45) is 0 Å². The fraction of sp³-hybridized carbons (Fsp3) is 0.438. The Morgan fingerprint density at radius 2 is 2.11 bits per heavy atom. The first-order chi connectivity index (χ1) is 9.28. The minimum absolute atomic E-state index is 0.232. The van der Waals surface area contributed by atoms with Crippen LogP contribution in [0.5, 0.6) is 0 Å². The molecule has 1 atom stereocenters. The van der Waals surface area contributed by atoms with Gasteiger partial charge in [-0.05, 0) is 25.3 Å². The predicted molar refractivity (Wildman–Crippen MR) is 75.3 cm³/mol. The van der Waals surface area contributed by atoms with E-state index in [9.17, 15) is 5.11 Å². The van der Waals surface area contributed by atoms with Gasteiger partial charge in [0.2, 0.25) is 0 Å². The molecule has 3 nitrogen and oxygen atoms in total. The summed E-state index contributed by atoms with van der Waals surface area (Å²) in [5, 5.41) is 9.43. The number of imidazole rings is 1. The number of benzene rings is 1. The van der Waals surface area contributed by atoms with Crippen molar-refractivity contribution in [3.63, 3.8) is 0 Å². The van der Waals surface area contributed by atoms with Crippen LogP contribution in [0.4, 0.5) is 0 Å². The van der Waals surface area contributed by atoms with Gasteiger partial charge in [0.15, 0.2) is 0 Å². The molecule has 0 radical (unpaired) electrons. The molecule has 3 heteroatoms. The molecular weight excluding hydrogens is 236 g/mol. The van der Waals surface area contributed by atoms with Crippen molar-refractivity contribution < 1.29 is 5.11 Å². The van der Waals surface area contributed by atoms with Crippen molar-refractivity contribution in [3.8, 4) is 0 Å². The Morgan fingerprint density at radius 3 is 2.84 bits per heavy atom. The highest BCUT2D eigenvalue weighted by molar-refractivity contribution is 5.25. The lowest BCUT2D eigenvalue weighted by molar-refractivity contribution is 0.240. The molecule has 0 amide bonds. The number of fused-ring (bicyclic) bond motifs is 1. The van der Waals surface area contributed by atoms with Crippen molar-refractivity contribution in [1.29, 1.82) is 0 Å². The van der Waals surface area contributed by atoms with Gasteiger partial charge in [0, 0.05) is 30.8 Å². The summed E-state index contributed by atoms with van der Waals surface area (Å²) in [6, 6.07) is 8.63. The third-order valence-electron chi connectivity index (χ3n) is 4.02.